The van der Waals surface area contributed by atoms with E-state index in [-0.39, 0.29) is 0 Å². The van der Waals surface area contributed by atoms with E-state index in [4.69, 9.17) is 4.74 Å². The molecule has 19 heavy (non-hydrogen) atoms. The highest BCUT2D eigenvalue weighted by Crippen LogP contribution is 2.30. The minimum absolute atomic E-state index is 0.468. The first-order chi connectivity index (χ1) is 9.10. The fraction of sp³-hybridized carbons (Fsp3) is 1.00. The molecule has 0 aromatic rings. The van der Waals surface area contributed by atoms with Crippen LogP contribution < -0.4 is 0 Å². The molecule has 1 saturated heterocycles. The van der Waals surface area contributed by atoms with Crippen LogP contribution in [0.3, 0.4) is 0 Å². The molecule has 0 bridgehead atoms. The molecular weight excluding hydrogens is 246 g/mol. The van der Waals surface area contributed by atoms with Crippen LogP contribution in [0.2, 0.25) is 0 Å². The van der Waals surface area contributed by atoms with Crippen molar-refractivity contribution in [2.45, 2.75) is 44.0 Å². The Morgan fingerprint density at radius 2 is 1.47 bits per heavy atom. The van der Waals surface area contributed by atoms with Gasteiger partial charge in [-0.2, -0.15) is 0 Å². The van der Waals surface area contributed by atoms with Crippen LogP contribution in [0.15, 0.2) is 0 Å². The molecule has 112 valence electrons. The van der Waals surface area contributed by atoms with Gasteiger partial charge in [-0.1, -0.05) is 0 Å². The zero-order chi connectivity index (χ0) is 13.8. The van der Waals surface area contributed by atoms with Gasteiger partial charge in [0, 0.05) is 33.4 Å². The summed E-state index contributed by atoms with van der Waals surface area (Å²) in [5.41, 5.74) is 0. The summed E-state index contributed by atoms with van der Waals surface area (Å²) in [6.45, 7) is 2.72. The third-order valence-corrected chi connectivity index (χ3v) is 4.56. The number of aliphatic hydroxyl groups is 3. The number of ether oxygens (including phenoxy) is 1. The summed E-state index contributed by atoms with van der Waals surface area (Å²) in [6.07, 6.45) is 2.16. The molecule has 1 heterocycles. The number of hydrogen-bond acceptors (Lipinski definition) is 5. The second-order valence-corrected chi connectivity index (χ2v) is 6.19. The third-order valence-electron chi connectivity index (χ3n) is 4.56. The van der Waals surface area contributed by atoms with Crippen LogP contribution in [0.25, 0.3) is 0 Å². The molecular formula is C14H27NO4. The molecule has 0 aromatic carbocycles. The fourth-order valence-electron chi connectivity index (χ4n) is 3.41. The van der Waals surface area contributed by atoms with E-state index in [0.29, 0.717) is 24.9 Å². The molecule has 3 atom stereocenters. The molecule has 5 nitrogen and oxygen atoms in total. The van der Waals surface area contributed by atoms with Crippen molar-refractivity contribution in [3.05, 3.63) is 0 Å². The maximum atomic E-state index is 9.69. The second-order valence-electron chi connectivity index (χ2n) is 6.19. The Morgan fingerprint density at radius 3 is 2.00 bits per heavy atom. The highest BCUT2D eigenvalue weighted by Gasteiger charge is 2.34. The summed E-state index contributed by atoms with van der Waals surface area (Å²) in [7, 11) is 1.76. The van der Waals surface area contributed by atoms with Crippen molar-refractivity contribution in [1.29, 1.82) is 0 Å². The SMILES string of the molecule is COCC1CCC(CN2C[C@@H](O)[C@H](O)[C@@H](O)C2)CC1. The molecule has 3 N–H and O–H groups in total. The van der Waals surface area contributed by atoms with Gasteiger partial charge in [0.2, 0.25) is 0 Å². The van der Waals surface area contributed by atoms with Crippen molar-refractivity contribution in [3.63, 3.8) is 0 Å². The number of nitrogens with zero attached hydrogens (tertiary/aromatic N) is 1. The Bertz CT molecular complexity index is 256. The Morgan fingerprint density at radius 1 is 0.947 bits per heavy atom. The summed E-state index contributed by atoms with van der Waals surface area (Å²) in [4.78, 5) is 2.09. The molecule has 1 aliphatic heterocycles. The quantitative estimate of drug-likeness (QED) is 0.664. The molecule has 0 unspecified atom stereocenters. The maximum Gasteiger partial charge on any atom is 0.108 e. The molecule has 2 rings (SSSR count). The van der Waals surface area contributed by atoms with Gasteiger partial charge >= 0.3 is 0 Å². The maximum absolute atomic E-state index is 9.69. The highest BCUT2D eigenvalue weighted by atomic mass is 16.5. The van der Waals surface area contributed by atoms with E-state index in [1.807, 2.05) is 0 Å². The molecule has 0 aromatic heterocycles. The van der Waals surface area contributed by atoms with Gasteiger partial charge in [-0.05, 0) is 37.5 Å². The zero-order valence-corrected chi connectivity index (χ0v) is 11.7. The number of aliphatic hydroxyl groups excluding tert-OH is 3. The monoisotopic (exact) mass is 273 g/mol. The predicted molar refractivity (Wildman–Crippen MR) is 71.8 cm³/mol. The van der Waals surface area contributed by atoms with Gasteiger partial charge in [-0.3, -0.25) is 4.90 Å². The Hall–Kier alpha value is -0.200. The van der Waals surface area contributed by atoms with E-state index in [0.717, 1.165) is 13.2 Å². The minimum atomic E-state index is -0.992. The van der Waals surface area contributed by atoms with E-state index in [2.05, 4.69) is 4.90 Å². The summed E-state index contributed by atoms with van der Waals surface area (Å²) in [5.74, 6) is 1.34. The molecule has 1 saturated carbocycles. The summed E-state index contributed by atoms with van der Waals surface area (Å²) >= 11 is 0. The Kier molecular flexibility index (Phi) is 5.59. The molecule has 2 aliphatic rings. The van der Waals surface area contributed by atoms with Crippen molar-refractivity contribution in [2.75, 3.05) is 33.4 Å². The van der Waals surface area contributed by atoms with Crippen LogP contribution in [-0.2, 0) is 4.74 Å². The average molecular weight is 273 g/mol. The topological polar surface area (TPSA) is 73.2 Å². The van der Waals surface area contributed by atoms with Crippen molar-refractivity contribution in [3.8, 4) is 0 Å². The van der Waals surface area contributed by atoms with Crippen LogP contribution in [0.4, 0.5) is 0 Å². The van der Waals surface area contributed by atoms with Crippen LogP contribution >= 0.6 is 0 Å². The lowest BCUT2D eigenvalue weighted by atomic mass is 9.82. The first-order valence-electron chi connectivity index (χ1n) is 7.35. The smallest absolute Gasteiger partial charge is 0.108 e. The Balaban J connectivity index is 1.73. The fourth-order valence-corrected chi connectivity index (χ4v) is 3.41. The van der Waals surface area contributed by atoms with Gasteiger partial charge in [-0.25, -0.2) is 0 Å². The normalized spacial score (nSPS) is 41.4. The van der Waals surface area contributed by atoms with Gasteiger partial charge in [0.1, 0.15) is 6.10 Å². The Labute approximate surface area is 115 Å². The molecule has 0 radical (unpaired) electrons. The van der Waals surface area contributed by atoms with Crippen LogP contribution in [0.5, 0.6) is 0 Å². The van der Waals surface area contributed by atoms with E-state index < -0.39 is 18.3 Å². The van der Waals surface area contributed by atoms with Crippen molar-refractivity contribution in [2.24, 2.45) is 11.8 Å². The standard InChI is InChI=1S/C14H27NO4/c1-19-9-11-4-2-10(3-5-11)6-15-7-12(16)14(18)13(17)8-15/h10-14,16-18H,2-9H2,1H3/t10?,11?,12-,13+,14+. The number of piperidine rings is 1. The molecule has 5 heteroatoms. The van der Waals surface area contributed by atoms with Crippen LogP contribution in [0.1, 0.15) is 25.7 Å². The van der Waals surface area contributed by atoms with Crippen LogP contribution in [0, 0.1) is 11.8 Å². The van der Waals surface area contributed by atoms with Gasteiger partial charge in [0.15, 0.2) is 0 Å². The van der Waals surface area contributed by atoms with E-state index in [1.165, 1.54) is 25.7 Å². The molecule has 2 fully saturated rings. The average Bonchev–Trinajstić information content (AvgIpc) is 2.38. The molecule has 0 amide bonds. The second kappa shape index (κ2) is 6.99. The first kappa shape index (κ1) is 15.2. The molecule has 1 aliphatic carbocycles. The van der Waals surface area contributed by atoms with Gasteiger partial charge < -0.3 is 20.1 Å². The van der Waals surface area contributed by atoms with E-state index in [1.54, 1.807) is 7.11 Å². The highest BCUT2D eigenvalue weighted by molar-refractivity contribution is 4.87. The van der Waals surface area contributed by atoms with E-state index >= 15 is 0 Å². The van der Waals surface area contributed by atoms with Gasteiger partial charge in [-0.15, -0.1) is 0 Å². The minimum Gasteiger partial charge on any atom is -0.389 e. The predicted octanol–water partition coefficient (Wildman–Crippen LogP) is -0.162. The largest absolute Gasteiger partial charge is 0.389 e. The summed E-state index contributed by atoms with van der Waals surface area (Å²) in [5, 5.41) is 28.9. The van der Waals surface area contributed by atoms with Gasteiger partial charge in [0.25, 0.3) is 0 Å². The van der Waals surface area contributed by atoms with Crippen molar-refractivity contribution >= 4 is 0 Å². The van der Waals surface area contributed by atoms with Crippen molar-refractivity contribution in [1.82, 2.24) is 4.90 Å². The zero-order valence-electron chi connectivity index (χ0n) is 11.7. The first-order valence-corrected chi connectivity index (χ1v) is 7.35. The number of likely N-dealkylation sites (tertiary alicyclic amines) is 1. The number of β-amino-alcohol motifs (C(OH)–C–C–N with tert-alkyl or cyclic N) is 2. The lowest BCUT2D eigenvalue weighted by Crippen LogP contribution is -2.56. The molecule has 0 spiro atoms. The lowest BCUT2D eigenvalue weighted by Gasteiger charge is -2.39. The van der Waals surface area contributed by atoms with Crippen LogP contribution in [-0.4, -0.2) is 71.9 Å². The summed E-state index contributed by atoms with van der Waals surface area (Å²) < 4.78 is 5.20. The van der Waals surface area contributed by atoms with E-state index in [9.17, 15) is 15.3 Å². The summed E-state index contributed by atoms with van der Waals surface area (Å²) in [6, 6.07) is 0. The number of methoxy groups -OCH3 is 1. The van der Waals surface area contributed by atoms with Crippen molar-refractivity contribution < 1.29 is 20.1 Å². The number of rotatable bonds is 4. The number of hydrogen-bond donors (Lipinski definition) is 3. The lowest BCUT2D eigenvalue weighted by molar-refractivity contribution is -0.112. The third kappa shape index (κ3) is 4.13. The van der Waals surface area contributed by atoms with Gasteiger partial charge in [0.05, 0.1) is 12.2 Å².